The molecule has 0 radical (unpaired) electrons. The van der Waals surface area contributed by atoms with Gasteiger partial charge in [-0.1, -0.05) is 13.0 Å². The van der Waals surface area contributed by atoms with Crippen LogP contribution >= 0.6 is 27.3 Å². The van der Waals surface area contributed by atoms with Crippen LogP contribution in [0.15, 0.2) is 34.1 Å². The Balaban J connectivity index is 2.42. The fourth-order valence-electron chi connectivity index (χ4n) is 2.03. The summed E-state index contributed by atoms with van der Waals surface area (Å²) in [6, 6.07) is 7.46. The molecule has 1 aromatic carbocycles. The zero-order valence-electron chi connectivity index (χ0n) is 10.3. The van der Waals surface area contributed by atoms with Crippen molar-refractivity contribution in [2.24, 2.45) is 0 Å². The van der Waals surface area contributed by atoms with Gasteiger partial charge in [-0.25, -0.2) is 4.39 Å². The van der Waals surface area contributed by atoms with E-state index in [1.165, 1.54) is 16.5 Å². The lowest BCUT2D eigenvalue weighted by Crippen LogP contribution is -2.17. The summed E-state index contributed by atoms with van der Waals surface area (Å²) in [6.45, 7) is 2.15. The molecule has 0 saturated heterocycles. The minimum Gasteiger partial charge on any atom is -0.309 e. The Kier molecular flexibility index (Phi) is 4.54. The van der Waals surface area contributed by atoms with Crippen LogP contribution in [0.5, 0.6) is 0 Å². The fraction of sp³-hybridized carbons (Fsp3) is 0.286. The summed E-state index contributed by atoms with van der Waals surface area (Å²) in [7, 11) is 1.93. The Bertz CT molecular complexity index is 538. The zero-order chi connectivity index (χ0) is 13.1. The van der Waals surface area contributed by atoms with Crippen LogP contribution in [0.25, 0.3) is 0 Å². The summed E-state index contributed by atoms with van der Waals surface area (Å²) in [5.74, 6) is -0.226. The third-order valence-electron chi connectivity index (χ3n) is 2.99. The lowest BCUT2D eigenvalue weighted by molar-refractivity contribution is 0.617. The highest BCUT2D eigenvalue weighted by Gasteiger charge is 2.17. The first-order valence-corrected chi connectivity index (χ1v) is 7.53. The largest absolute Gasteiger partial charge is 0.309 e. The topological polar surface area (TPSA) is 12.0 Å². The van der Waals surface area contributed by atoms with Gasteiger partial charge in [0.2, 0.25) is 0 Å². The van der Waals surface area contributed by atoms with Gasteiger partial charge in [0, 0.05) is 4.88 Å². The molecule has 2 aromatic rings. The van der Waals surface area contributed by atoms with Crippen LogP contribution in [-0.4, -0.2) is 7.05 Å². The van der Waals surface area contributed by atoms with E-state index in [4.69, 9.17) is 0 Å². The van der Waals surface area contributed by atoms with Crippen molar-refractivity contribution in [3.63, 3.8) is 0 Å². The van der Waals surface area contributed by atoms with Crippen LogP contribution in [0.3, 0.4) is 0 Å². The van der Waals surface area contributed by atoms with Crippen LogP contribution in [-0.2, 0) is 6.42 Å². The molecule has 96 valence electrons. The first-order valence-electron chi connectivity index (χ1n) is 5.85. The third-order valence-corrected chi connectivity index (χ3v) is 4.62. The predicted molar refractivity (Wildman–Crippen MR) is 78.7 cm³/mol. The lowest BCUT2D eigenvalue weighted by atomic mass is 10.0. The zero-order valence-corrected chi connectivity index (χ0v) is 12.7. The Morgan fingerprint density at radius 1 is 1.39 bits per heavy atom. The molecular formula is C14H15BrFNS. The van der Waals surface area contributed by atoms with Crippen molar-refractivity contribution in [2.75, 3.05) is 7.05 Å². The maximum atomic E-state index is 13.3. The molecule has 0 aliphatic rings. The molecule has 1 nitrogen and oxygen atoms in total. The van der Waals surface area contributed by atoms with Crippen LogP contribution in [0.1, 0.15) is 29.0 Å². The van der Waals surface area contributed by atoms with Crippen LogP contribution < -0.4 is 5.32 Å². The number of halogens is 2. The van der Waals surface area contributed by atoms with Gasteiger partial charge >= 0.3 is 0 Å². The summed E-state index contributed by atoms with van der Waals surface area (Å²) in [5.41, 5.74) is 2.42. The maximum Gasteiger partial charge on any atom is 0.137 e. The molecule has 1 N–H and O–H groups in total. The maximum absolute atomic E-state index is 13.3. The Hall–Kier alpha value is -0.710. The van der Waals surface area contributed by atoms with Crippen molar-refractivity contribution in [3.05, 3.63) is 55.9 Å². The monoisotopic (exact) mass is 327 g/mol. The number of nitrogens with one attached hydrogen (secondary N) is 1. The molecule has 0 saturated carbocycles. The summed E-state index contributed by atoms with van der Waals surface area (Å²) in [4.78, 5) is 1.30. The molecule has 0 spiro atoms. The van der Waals surface area contributed by atoms with Gasteiger partial charge in [-0.05, 0) is 64.1 Å². The van der Waals surface area contributed by atoms with Crippen LogP contribution in [0, 0.1) is 5.82 Å². The van der Waals surface area contributed by atoms with E-state index in [1.807, 2.05) is 19.2 Å². The number of hydrogen-bond donors (Lipinski definition) is 1. The molecule has 0 bridgehead atoms. The molecule has 0 aliphatic heterocycles. The van der Waals surface area contributed by atoms with Gasteiger partial charge in [-0.2, -0.15) is 0 Å². The molecule has 1 atom stereocenters. The summed E-state index contributed by atoms with van der Waals surface area (Å²) >= 11 is 4.98. The molecule has 0 aliphatic carbocycles. The number of aryl methyl sites for hydroxylation is 1. The Labute approximate surface area is 119 Å². The van der Waals surface area contributed by atoms with Crippen LogP contribution in [0.2, 0.25) is 0 Å². The van der Waals surface area contributed by atoms with Crippen molar-refractivity contribution >= 4 is 27.3 Å². The number of rotatable bonds is 4. The summed E-state index contributed by atoms with van der Waals surface area (Å²) < 4.78 is 13.8. The second kappa shape index (κ2) is 5.95. The number of benzene rings is 1. The Morgan fingerprint density at radius 2 is 2.17 bits per heavy atom. The summed E-state index contributed by atoms with van der Waals surface area (Å²) in [5, 5.41) is 5.42. The molecular weight excluding hydrogens is 313 g/mol. The van der Waals surface area contributed by atoms with Crippen molar-refractivity contribution in [1.29, 1.82) is 0 Å². The van der Waals surface area contributed by atoms with E-state index in [1.54, 1.807) is 11.3 Å². The first kappa shape index (κ1) is 13.7. The SMILES string of the molecule is CCc1ccsc1C(NC)c1ccc(F)c(Br)c1. The fourth-order valence-corrected chi connectivity index (χ4v) is 3.56. The molecule has 1 heterocycles. The highest BCUT2D eigenvalue weighted by molar-refractivity contribution is 9.10. The highest BCUT2D eigenvalue weighted by atomic mass is 79.9. The van der Waals surface area contributed by atoms with Gasteiger partial charge in [0.15, 0.2) is 0 Å². The lowest BCUT2D eigenvalue weighted by Gasteiger charge is -2.17. The quantitative estimate of drug-likeness (QED) is 0.870. The molecule has 1 unspecified atom stereocenters. The van der Waals surface area contributed by atoms with Gasteiger partial charge in [0.05, 0.1) is 10.5 Å². The Morgan fingerprint density at radius 3 is 2.78 bits per heavy atom. The normalized spacial score (nSPS) is 12.7. The van der Waals surface area contributed by atoms with E-state index in [-0.39, 0.29) is 11.9 Å². The molecule has 2 rings (SSSR count). The molecule has 0 amide bonds. The second-order valence-electron chi connectivity index (χ2n) is 4.06. The molecule has 0 fully saturated rings. The predicted octanol–water partition coefficient (Wildman–Crippen LogP) is 4.52. The average molecular weight is 328 g/mol. The smallest absolute Gasteiger partial charge is 0.137 e. The second-order valence-corrected chi connectivity index (χ2v) is 5.86. The average Bonchev–Trinajstić information content (AvgIpc) is 2.83. The van der Waals surface area contributed by atoms with E-state index in [0.717, 1.165) is 12.0 Å². The van der Waals surface area contributed by atoms with Gasteiger partial charge in [-0.15, -0.1) is 11.3 Å². The first-order chi connectivity index (χ1) is 8.67. The van der Waals surface area contributed by atoms with Crippen molar-refractivity contribution in [2.45, 2.75) is 19.4 Å². The van der Waals surface area contributed by atoms with Gasteiger partial charge in [-0.3, -0.25) is 0 Å². The highest BCUT2D eigenvalue weighted by Crippen LogP contribution is 2.31. The van der Waals surface area contributed by atoms with E-state index in [2.05, 4.69) is 39.6 Å². The number of hydrogen-bond acceptors (Lipinski definition) is 2. The van der Waals surface area contributed by atoms with Gasteiger partial charge in [0.1, 0.15) is 5.82 Å². The minimum absolute atomic E-state index is 0.122. The van der Waals surface area contributed by atoms with E-state index >= 15 is 0 Å². The van der Waals surface area contributed by atoms with Gasteiger partial charge < -0.3 is 5.32 Å². The van der Waals surface area contributed by atoms with Crippen molar-refractivity contribution < 1.29 is 4.39 Å². The van der Waals surface area contributed by atoms with E-state index < -0.39 is 0 Å². The standard InChI is InChI=1S/C14H15BrFNS/c1-3-9-6-7-18-14(9)13(17-2)10-4-5-12(16)11(15)8-10/h4-8,13,17H,3H2,1-2H3. The third kappa shape index (κ3) is 2.66. The molecule has 1 aromatic heterocycles. The minimum atomic E-state index is -0.226. The van der Waals surface area contributed by atoms with E-state index in [9.17, 15) is 4.39 Å². The number of thiophene rings is 1. The van der Waals surface area contributed by atoms with E-state index in [0.29, 0.717) is 4.47 Å². The van der Waals surface area contributed by atoms with Crippen molar-refractivity contribution in [3.8, 4) is 0 Å². The van der Waals surface area contributed by atoms with Crippen LogP contribution in [0.4, 0.5) is 4.39 Å². The molecule has 18 heavy (non-hydrogen) atoms. The molecule has 4 heteroatoms. The summed E-state index contributed by atoms with van der Waals surface area (Å²) in [6.07, 6.45) is 1.01. The van der Waals surface area contributed by atoms with Crippen molar-refractivity contribution in [1.82, 2.24) is 5.32 Å². The van der Waals surface area contributed by atoms with Gasteiger partial charge in [0.25, 0.3) is 0 Å².